The smallest absolute Gasteiger partial charge is 0.244 e. The fraction of sp³-hybridized carbons (Fsp3) is 0.692. The highest BCUT2D eigenvalue weighted by Gasteiger charge is 2.41. The normalized spacial score (nSPS) is 29.2. The van der Waals surface area contributed by atoms with Crippen molar-refractivity contribution in [2.75, 3.05) is 13.1 Å². The van der Waals surface area contributed by atoms with Gasteiger partial charge in [-0.2, -0.15) is 5.10 Å². The molecule has 1 aromatic heterocycles. The standard InChI is InChI=1S/C13H20N4O.ClH/c1-9-4-5-17(15-9)8-12(18)16-6-10-2-3-11(7-16)13(10)14;/h4-5,10-11,13H,2-3,6-8,14H2,1H3;1H/t10-,11+,13?;. The number of nitrogens with two attached hydrogens (primary N) is 1. The van der Waals surface area contributed by atoms with Gasteiger partial charge < -0.3 is 10.6 Å². The Kier molecular flexibility index (Phi) is 4.16. The molecule has 1 saturated carbocycles. The summed E-state index contributed by atoms with van der Waals surface area (Å²) in [6.45, 7) is 3.94. The predicted octanol–water partition coefficient (Wildman–Crippen LogP) is 0.809. The first-order valence-electron chi connectivity index (χ1n) is 6.67. The molecule has 3 rings (SSSR count). The van der Waals surface area contributed by atoms with Crippen LogP contribution in [-0.2, 0) is 11.3 Å². The van der Waals surface area contributed by atoms with Gasteiger partial charge in [0.05, 0.1) is 5.69 Å². The van der Waals surface area contributed by atoms with Crippen molar-refractivity contribution < 1.29 is 4.79 Å². The fourth-order valence-electron chi connectivity index (χ4n) is 3.26. The maximum Gasteiger partial charge on any atom is 0.244 e. The third-order valence-corrected chi connectivity index (χ3v) is 4.33. The van der Waals surface area contributed by atoms with Gasteiger partial charge in [-0.1, -0.05) is 0 Å². The molecule has 1 aromatic rings. The van der Waals surface area contributed by atoms with E-state index in [-0.39, 0.29) is 18.3 Å². The molecule has 3 atom stereocenters. The molecule has 2 N–H and O–H groups in total. The molecular formula is C13H21ClN4O. The summed E-state index contributed by atoms with van der Waals surface area (Å²) in [4.78, 5) is 14.2. The number of carbonyl (C=O) groups excluding carboxylic acids is 1. The Bertz CT molecular complexity index is 447. The number of carbonyl (C=O) groups is 1. The van der Waals surface area contributed by atoms with E-state index in [1.165, 1.54) is 12.8 Å². The number of likely N-dealkylation sites (tertiary alicyclic amines) is 1. The lowest BCUT2D eigenvalue weighted by Gasteiger charge is -2.36. The van der Waals surface area contributed by atoms with Gasteiger partial charge in [0, 0.05) is 25.3 Å². The second kappa shape index (κ2) is 5.51. The molecule has 2 bridgehead atoms. The number of halogens is 1. The van der Waals surface area contributed by atoms with Crippen molar-refractivity contribution >= 4 is 18.3 Å². The van der Waals surface area contributed by atoms with E-state index in [4.69, 9.17) is 5.73 Å². The van der Waals surface area contributed by atoms with Crippen molar-refractivity contribution in [3.63, 3.8) is 0 Å². The van der Waals surface area contributed by atoms with Gasteiger partial charge in [0.15, 0.2) is 0 Å². The minimum atomic E-state index is 0. The Morgan fingerprint density at radius 3 is 2.58 bits per heavy atom. The van der Waals surface area contributed by atoms with E-state index in [1.54, 1.807) is 4.68 Å². The second-order valence-electron chi connectivity index (χ2n) is 5.63. The maximum absolute atomic E-state index is 12.2. The van der Waals surface area contributed by atoms with Crippen LogP contribution in [0.25, 0.3) is 0 Å². The van der Waals surface area contributed by atoms with Crippen molar-refractivity contribution in [3.8, 4) is 0 Å². The molecule has 19 heavy (non-hydrogen) atoms. The summed E-state index contributed by atoms with van der Waals surface area (Å²) in [5.74, 6) is 1.18. The van der Waals surface area contributed by atoms with Crippen molar-refractivity contribution in [1.82, 2.24) is 14.7 Å². The van der Waals surface area contributed by atoms with Gasteiger partial charge >= 0.3 is 0 Å². The summed E-state index contributed by atoms with van der Waals surface area (Å²) in [5.41, 5.74) is 7.09. The summed E-state index contributed by atoms with van der Waals surface area (Å²) in [6.07, 6.45) is 4.21. The Labute approximate surface area is 119 Å². The van der Waals surface area contributed by atoms with E-state index in [1.807, 2.05) is 24.1 Å². The van der Waals surface area contributed by atoms with Gasteiger partial charge in [-0.3, -0.25) is 9.48 Å². The van der Waals surface area contributed by atoms with E-state index >= 15 is 0 Å². The number of hydrogen-bond donors (Lipinski definition) is 1. The first kappa shape index (κ1) is 14.3. The molecule has 2 fully saturated rings. The number of fused-ring (bicyclic) bond motifs is 2. The molecule has 0 radical (unpaired) electrons. The first-order valence-corrected chi connectivity index (χ1v) is 6.67. The third-order valence-electron chi connectivity index (χ3n) is 4.33. The molecule has 0 aromatic carbocycles. The number of piperidine rings is 1. The number of nitrogens with zero attached hydrogens (tertiary/aromatic N) is 3. The van der Waals surface area contributed by atoms with E-state index in [9.17, 15) is 4.79 Å². The van der Waals surface area contributed by atoms with Gasteiger partial charge in [-0.05, 0) is 37.7 Å². The van der Waals surface area contributed by atoms with E-state index < -0.39 is 0 Å². The molecule has 0 spiro atoms. The summed E-state index contributed by atoms with van der Waals surface area (Å²) >= 11 is 0. The molecule has 2 aliphatic rings. The minimum absolute atomic E-state index is 0. The minimum Gasteiger partial charge on any atom is -0.340 e. The molecule has 1 unspecified atom stereocenters. The zero-order valence-corrected chi connectivity index (χ0v) is 12.0. The number of hydrogen-bond acceptors (Lipinski definition) is 3. The molecular weight excluding hydrogens is 264 g/mol. The Balaban J connectivity index is 0.00000133. The van der Waals surface area contributed by atoms with E-state index in [2.05, 4.69) is 5.10 Å². The number of amides is 1. The van der Waals surface area contributed by atoms with Crippen LogP contribution in [-0.4, -0.2) is 39.7 Å². The average molecular weight is 285 g/mol. The summed E-state index contributed by atoms with van der Waals surface area (Å²) in [6, 6.07) is 2.23. The highest BCUT2D eigenvalue weighted by atomic mass is 35.5. The fourth-order valence-corrected chi connectivity index (χ4v) is 3.26. The largest absolute Gasteiger partial charge is 0.340 e. The van der Waals surface area contributed by atoms with Crippen LogP contribution < -0.4 is 5.73 Å². The quantitative estimate of drug-likeness (QED) is 0.874. The average Bonchev–Trinajstić information content (AvgIpc) is 2.80. The zero-order chi connectivity index (χ0) is 12.7. The molecule has 5 nitrogen and oxygen atoms in total. The third kappa shape index (κ3) is 2.77. The Morgan fingerprint density at radius 1 is 1.42 bits per heavy atom. The van der Waals surface area contributed by atoms with Crippen molar-refractivity contribution in [2.24, 2.45) is 17.6 Å². The van der Waals surface area contributed by atoms with Crippen LogP contribution in [0.3, 0.4) is 0 Å². The maximum atomic E-state index is 12.2. The lowest BCUT2D eigenvalue weighted by molar-refractivity contribution is -0.134. The van der Waals surface area contributed by atoms with Crippen molar-refractivity contribution in [3.05, 3.63) is 18.0 Å². The van der Waals surface area contributed by atoms with Crippen LogP contribution >= 0.6 is 12.4 Å². The predicted molar refractivity (Wildman–Crippen MR) is 75.0 cm³/mol. The van der Waals surface area contributed by atoms with Crippen molar-refractivity contribution in [1.29, 1.82) is 0 Å². The van der Waals surface area contributed by atoms with Gasteiger partial charge in [0.25, 0.3) is 0 Å². The van der Waals surface area contributed by atoms with Crippen molar-refractivity contribution in [2.45, 2.75) is 32.4 Å². The van der Waals surface area contributed by atoms with Crippen LogP contribution in [0.2, 0.25) is 0 Å². The molecule has 1 saturated heterocycles. The molecule has 6 heteroatoms. The van der Waals surface area contributed by atoms with Crippen LogP contribution in [0.1, 0.15) is 18.5 Å². The second-order valence-corrected chi connectivity index (χ2v) is 5.63. The zero-order valence-electron chi connectivity index (χ0n) is 11.2. The lowest BCUT2D eigenvalue weighted by Crippen LogP contribution is -2.51. The molecule has 1 aliphatic carbocycles. The van der Waals surface area contributed by atoms with Crippen LogP contribution in [0.4, 0.5) is 0 Å². The van der Waals surface area contributed by atoms with Gasteiger partial charge in [-0.25, -0.2) is 0 Å². The summed E-state index contributed by atoms with van der Waals surface area (Å²) in [7, 11) is 0. The Hall–Kier alpha value is -1.07. The summed E-state index contributed by atoms with van der Waals surface area (Å²) in [5, 5.41) is 4.26. The highest BCUT2D eigenvalue weighted by molar-refractivity contribution is 5.85. The summed E-state index contributed by atoms with van der Waals surface area (Å²) < 4.78 is 1.72. The first-order chi connectivity index (χ1) is 8.63. The molecule has 1 amide bonds. The SMILES string of the molecule is Cc1ccn(CC(=O)N2C[C@H]3CC[C@@H](C2)C3N)n1.Cl. The topological polar surface area (TPSA) is 64.2 Å². The number of aryl methyl sites for hydroxylation is 1. The molecule has 2 heterocycles. The molecule has 106 valence electrons. The Morgan fingerprint density at radius 2 is 2.05 bits per heavy atom. The highest BCUT2D eigenvalue weighted by Crippen LogP contribution is 2.35. The van der Waals surface area contributed by atoms with Crippen LogP contribution in [0.15, 0.2) is 12.3 Å². The van der Waals surface area contributed by atoms with Crippen LogP contribution in [0.5, 0.6) is 0 Å². The van der Waals surface area contributed by atoms with E-state index in [0.29, 0.717) is 24.4 Å². The molecule has 1 aliphatic heterocycles. The monoisotopic (exact) mass is 284 g/mol. The van der Waals surface area contributed by atoms with E-state index in [0.717, 1.165) is 18.8 Å². The van der Waals surface area contributed by atoms with Gasteiger partial charge in [0.1, 0.15) is 6.54 Å². The van der Waals surface area contributed by atoms with Crippen LogP contribution in [0, 0.1) is 18.8 Å². The number of aromatic nitrogens is 2. The lowest BCUT2D eigenvalue weighted by atomic mass is 9.93. The van der Waals surface area contributed by atoms with Gasteiger partial charge in [-0.15, -0.1) is 12.4 Å². The van der Waals surface area contributed by atoms with Gasteiger partial charge in [0.2, 0.25) is 5.91 Å². The number of rotatable bonds is 2.